The third kappa shape index (κ3) is 7.25. The van der Waals surface area contributed by atoms with Crippen molar-refractivity contribution in [2.45, 2.75) is 71.9 Å². The lowest BCUT2D eigenvalue weighted by Crippen LogP contribution is -2.47. The fraction of sp³-hybridized carbons (Fsp3) is 0.417. The summed E-state index contributed by atoms with van der Waals surface area (Å²) < 4.78 is 47.3. The van der Waals surface area contributed by atoms with Gasteiger partial charge in [-0.2, -0.15) is 18.3 Å². The van der Waals surface area contributed by atoms with Crippen LogP contribution in [0.25, 0.3) is 22.2 Å². The van der Waals surface area contributed by atoms with Gasteiger partial charge in [-0.05, 0) is 45.7 Å². The predicted molar refractivity (Wildman–Crippen MR) is 185 cm³/mol. The molecule has 0 aromatic carbocycles. The van der Waals surface area contributed by atoms with E-state index in [1.54, 1.807) is 39.2 Å². The number of ether oxygens (including phenoxy) is 1. The summed E-state index contributed by atoms with van der Waals surface area (Å²) >= 11 is 0. The number of hydrogen-bond donors (Lipinski definition) is 2. The van der Waals surface area contributed by atoms with Gasteiger partial charge in [0.2, 0.25) is 17.7 Å². The van der Waals surface area contributed by atoms with Gasteiger partial charge in [-0.15, -0.1) is 6.58 Å². The van der Waals surface area contributed by atoms with E-state index in [-0.39, 0.29) is 54.9 Å². The van der Waals surface area contributed by atoms with E-state index in [1.807, 2.05) is 0 Å². The number of carbonyl (C=O) groups excluding carboxylic acids is 4. The van der Waals surface area contributed by atoms with Gasteiger partial charge in [0.05, 0.1) is 29.4 Å². The van der Waals surface area contributed by atoms with Crippen molar-refractivity contribution in [2.24, 2.45) is 10.8 Å². The van der Waals surface area contributed by atoms with Gasteiger partial charge in [-0.3, -0.25) is 28.8 Å². The van der Waals surface area contributed by atoms with E-state index >= 15 is 0 Å². The average molecular weight is 734 g/mol. The van der Waals surface area contributed by atoms with Crippen molar-refractivity contribution in [1.29, 1.82) is 0 Å². The van der Waals surface area contributed by atoms with Crippen LogP contribution in [-0.2, 0) is 38.4 Å². The number of alkyl halides is 3. The highest BCUT2D eigenvalue weighted by Crippen LogP contribution is 2.59. The van der Waals surface area contributed by atoms with Gasteiger partial charge in [0, 0.05) is 60.9 Å². The standard InChI is InChI=1S/C36H38F3N9O5/c1-7-34(4,5)33(52)43-18-35-11-25(32(51)45-31-21(17-53-6)8-9-27(44-31)36(37,38)39)48(28(35)12-35)29(50)16-47-26-15-42-24(22-13-40-20(3)41-14-22)10-23(26)30(46-47)19(2)49/h7-10,13-15,25,28H,1,11-12,16-18H2,2-6H3,(H,43,52)(H,44,45,51)/t25-,28+,35-/m0/s1. The molecule has 0 spiro atoms. The maximum absolute atomic E-state index is 14.3. The molecule has 2 N–H and O–H groups in total. The molecule has 0 radical (unpaired) electrons. The number of pyridine rings is 2. The topological polar surface area (TPSA) is 174 Å². The summed E-state index contributed by atoms with van der Waals surface area (Å²) in [5, 5.41) is 10.3. The average Bonchev–Trinajstić information content (AvgIpc) is 3.53. The van der Waals surface area contributed by atoms with Crippen molar-refractivity contribution >= 4 is 40.2 Å². The van der Waals surface area contributed by atoms with Crippen molar-refractivity contribution in [3.8, 4) is 11.3 Å². The normalized spacial score (nSPS) is 19.5. The Morgan fingerprint density at radius 1 is 1.09 bits per heavy atom. The smallest absolute Gasteiger partial charge is 0.380 e. The number of amides is 3. The summed E-state index contributed by atoms with van der Waals surface area (Å²) in [6.07, 6.45) is 2.01. The zero-order valence-corrected chi connectivity index (χ0v) is 29.7. The van der Waals surface area contributed by atoms with E-state index in [4.69, 9.17) is 4.74 Å². The molecule has 14 nitrogen and oxygen atoms in total. The molecule has 5 heterocycles. The summed E-state index contributed by atoms with van der Waals surface area (Å²) in [5.41, 5.74) is -0.973. The number of aryl methyl sites for hydroxylation is 1. The van der Waals surface area contributed by atoms with Crippen LogP contribution in [0.15, 0.2) is 49.4 Å². The van der Waals surface area contributed by atoms with Gasteiger partial charge >= 0.3 is 6.18 Å². The quantitative estimate of drug-likeness (QED) is 0.158. The molecule has 278 valence electrons. The van der Waals surface area contributed by atoms with Crippen molar-refractivity contribution in [3.63, 3.8) is 0 Å². The summed E-state index contributed by atoms with van der Waals surface area (Å²) in [7, 11) is 1.35. The number of ketones is 1. The molecule has 0 bridgehead atoms. The van der Waals surface area contributed by atoms with Crippen LogP contribution >= 0.6 is 0 Å². The van der Waals surface area contributed by atoms with E-state index in [0.717, 1.165) is 6.07 Å². The number of Topliss-reactive ketones (excluding diaryl/α,β-unsaturated/α-hetero) is 1. The number of carbonyl (C=O) groups is 4. The molecule has 1 saturated heterocycles. The number of rotatable bonds is 12. The lowest BCUT2D eigenvalue weighted by Gasteiger charge is -2.27. The number of likely N-dealkylation sites (tertiary alicyclic amines) is 1. The van der Waals surface area contributed by atoms with Crippen LogP contribution in [0.1, 0.15) is 61.2 Å². The number of methoxy groups -OCH3 is 1. The Bertz CT molecular complexity index is 2130. The van der Waals surface area contributed by atoms with E-state index in [9.17, 15) is 32.3 Å². The first-order valence-electron chi connectivity index (χ1n) is 16.7. The van der Waals surface area contributed by atoms with Gasteiger partial charge in [0.1, 0.15) is 35.6 Å². The van der Waals surface area contributed by atoms with Gasteiger partial charge in [-0.1, -0.05) is 12.1 Å². The van der Waals surface area contributed by atoms with E-state index in [2.05, 4.69) is 42.2 Å². The highest BCUT2D eigenvalue weighted by Gasteiger charge is 2.67. The van der Waals surface area contributed by atoms with Gasteiger partial charge in [-0.25, -0.2) is 15.0 Å². The molecular formula is C36H38F3N9O5. The molecule has 2 aliphatic rings. The van der Waals surface area contributed by atoms with Crippen LogP contribution in [0.5, 0.6) is 0 Å². The first-order chi connectivity index (χ1) is 25.0. The van der Waals surface area contributed by atoms with E-state index < -0.39 is 46.6 Å². The van der Waals surface area contributed by atoms with Crippen molar-refractivity contribution in [3.05, 3.63) is 72.2 Å². The SMILES string of the molecule is C=CC(C)(C)C(=O)NC[C@@]12C[C@@H](C(=O)Nc3nc(C(F)(F)F)ccc3COC)N(C(=O)Cn3nc(C(C)=O)c4cc(-c5cnc(C)nc5)ncc43)[C@@H]1C2. The molecule has 0 unspecified atom stereocenters. The van der Waals surface area contributed by atoms with Crippen LogP contribution in [0.2, 0.25) is 0 Å². The first kappa shape index (κ1) is 37.2. The zero-order valence-electron chi connectivity index (χ0n) is 29.7. The van der Waals surface area contributed by atoms with Crippen LogP contribution in [0.3, 0.4) is 0 Å². The summed E-state index contributed by atoms with van der Waals surface area (Å²) in [4.78, 5) is 71.9. The van der Waals surface area contributed by atoms with E-state index in [1.165, 1.54) is 42.0 Å². The van der Waals surface area contributed by atoms with Crippen molar-refractivity contribution in [2.75, 3.05) is 19.0 Å². The largest absolute Gasteiger partial charge is 0.433 e. The molecular weight excluding hydrogens is 695 g/mol. The second kappa shape index (κ2) is 13.8. The van der Waals surface area contributed by atoms with Crippen LogP contribution in [0.4, 0.5) is 19.0 Å². The molecule has 53 heavy (non-hydrogen) atoms. The number of hydrogen-bond acceptors (Lipinski definition) is 10. The van der Waals surface area contributed by atoms with Gasteiger partial charge < -0.3 is 20.3 Å². The minimum absolute atomic E-state index is 0.106. The Balaban J connectivity index is 1.32. The third-order valence-corrected chi connectivity index (χ3v) is 9.85. The number of piperidine rings is 1. The fourth-order valence-electron chi connectivity index (χ4n) is 6.62. The van der Waals surface area contributed by atoms with Crippen molar-refractivity contribution < 1.29 is 37.1 Å². The summed E-state index contributed by atoms with van der Waals surface area (Å²) in [5.74, 6) is -1.70. The monoisotopic (exact) mass is 733 g/mol. The minimum Gasteiger partial charge on any atom is -0.380 e. The fourth-order valence-corrected chi connectivity index (χ4v) is 6.62. The second-order valence-electron chi connectivity index (χ2n) is 14.0. The molecule has 1 aliphatic heterocycles. The lowest BCUT2D eigenvalue weighted by atomic mass is 9.92. The van der Waals surface area contributed by atoms with Gasteiger partial charge in [0.15, 0.2) is 5.78 Å². The maximum Gasteiger partial charge on any atom is 0.433 e. The Labute approximate surface area is 302 Å². The van der Waals surface area contributed by atoms with Crippen LogP contribution in [-0.4, -0.2) is 83.9 Å². The minimum atomic E-state index is -4.78. The molecule has 1 saturated carbocycles. The number of halogens is 3. The number of nitrogens with one attached hydrogen (secondary N) is 2. The molecule has 3 atom stereocenters. The predicted octanol–water partition coefficient (Wildman–Crippen LogP) is 4.29. The Morgan fingerprint density at radius 2 is 1.81 bits per heavy atom. The molecule has 4 aromatic heterocycles. The first-order valence-corrected chi connectivity index (χ1v) is 16.7. The Hall–Kier alpha value is -5.58. The van der Waals surface area contributed by atoms with Crippen molar-refractivity contribution in [1.82, 2.24) is 39.9 Å². The number of aromatic nitrogens is 6. The van der Waals surface area contributed by atoms with Gasteiger partial charge in [0.25, 0.3) is 0 Å². The number of nitrogens with zero attached hydrogens (tertiary/aromatic N) is 7. The molecule has 17 heteroatoms. The molecule has 1 aliphatic carbocycles. The van der Waals surface area contributed by atoms with Crippen LogP contribution in [0, 0.1) is 17.8 Å². The number of fused-ring (bicyclic) bond motifs is 2. The van der Waals surface area contributed by atoms with Crippen LogP contribution < -0.4 is 10.6 Å². The number of anilines is 1. The second-order valence-corrected chi connectivity index (χ2v) is 14.0. The molecule has 2 fully saturated rings. The third-order valence-electron chi connectivity index (χ3n) is 9.85. The molecule has 6 rings (SSSR count). The zero-order chi connectivity index (χ0) is 38.5. The summed E-state index contributed by atoms with van der Waals surface area (Å²) in [6.45, 7) is 9.84. The summed E-state index contributed by atoms with van der Waals surface area (Å²) in [6, 6.07) is 2.01. The molecule has 3 amide bonds. The highest BCUT2D eigenvalue weighted by molar-refractivity contribution is 6.06. The maximum atomic E-state index is 14.3. The lowest BCUT2D eigenvalue weighted by molar-refractivity contribution is -0.141. The Kier molecular flexibility index (Phi) is 9.66. The highest BCUT2D eigenvalue weighted by atomic mass is 19.4. The van der Waals surface area contributed by atoms with E-state index in [0.29, 0.717) is 34.4 Å². The molecule has 4 aromatic rings. The Morgan fingerprint density at radius 3 is 2.45 bits per heavy atom.